The second-order valence-electron chi connectivity index (χ2n) is 4.39. The number of carbonyl (C=O) groups excluding carboxylic acids is 1. The minimum atomic E-state index is -3.71. The van der Waals surface area contributed by atoms with Gasteiger partial charge in [0, 0.05) is 16.8 Å². The van der Waals surface area contributed by atoms with E-state index >= 15 is 0 Å². The van der Waals surface area contributed by atoms with E-state index in [0.717, 1.165) is 4.88 Å². The minimum Gasteiger partial charge on any atom is -0.462 e. The average Bonchev–Trinajstić information content (AvgIpc) is 2.97. The summed E-state index contributed by atoms with van der Waals surface area (Å²) in [6.07, 6.45) is 1.44. The number of esters is 1. The predicted molar refractivity (Wildman–Crippen MR) is 81.4 cm³/mol. The normalized spacial score (nSPS) is 11.4. The molecule has 0 radical (unpaired) electrons. The van der Waals surface area contributed by atoms with Crippen LogP contribution in [0.25, 0.3) is 0 Å². The molecule has 0 aliphatic rings. The van der Waals surface area contributed by atoms with Crippen LogP contribution in [0.2, 0.25) is 0 Å². The number of hydrogen-bond acceptors (Lipinski definition) is 5. The number of aromatic amines is 1. The van der Waals surface area contributed by atoms with E-state index in [1.165, 1.54) is 23.6 Å². The Morgan fingerprint density at radius 3 is 2.67 bits per heavy atom. The van der Waals surface area contributed by atoms with E-state index in [-0.39, 0.29) is 22.1 Å². The molecule has 0 fully saturated rings. The van der Waals surface area contributed by atoms with Crippen LogP contribution in [0.5, 0.6) is 0 Å². The topological polar surface area (TPSA) is 88.3 Å². The summed E-state index contributed by atoms with van der Waals surface area (Å²) >= 11 is 1.17. The summed E-state index contributed by atoms with van der Waals surface area (Å²) in [6.45, 7) is 5.42. The minimum absolute atomic E-state index is 0.192. The molecule has 0 aliphatic carbocycles. The van der Waals surface area contributed by atoms with E-state index in [2.05, 4.69) is 9.71 Å². The van der Waals surface area contributed by atoms with Gasteiger partial charge in [0.15, 0.2) is 0 Å². The molecule has 0 saturated heterocycles. The van der Waals surface area contributed by atoms with Gasteiger partial charge in [-0.3, -0.25) is 4.72 Å². The molecule has 0 saturated carbocycles. The molecule has 2 N–H and O–H groups in total. The Morgan fingerprint density at radius 1 is 1.38 bits per heavy atom. The fraction of sp³-hybridized carbons (Fsp3) is 0.308. The lowest BCUT2D eigenvalue weighted by Gasteiger charge is -2.07. The molecule has 2 heterocycles. The fourth-order valence-corrected chi connectivity index (χ4v) is 4.17. The molecule has 2 aromatic rings. The van der Waals surface area contributed by atoms with Gasteiger partial charge in [0.1, 0.15) is 9.77 Å². The average molecular weight is 328 g/mol. The van der Waals surface area contributed by atoms with Crippen molar-refractivity contribution in [3.63, 3.8) is 0 Å². The third-order valence-corrected chi connectivity index (χ3v) is 5.64. The number of carbonyl (C=O) groups is 1. The van der Waals surface area contributed by atoms with Gasteiger partial charge in [-0.15, -0.1) is 11.3 Å². The van der Waals surface area contributed by atoms with E-state index in [9.17, 15) is 13.2 Å². The van der Waals surface area contributed by atoms with Crippen LogP contribution in [0, 0.1) is 13.8 Å². The number of ether oxygens (including phenoxy) is 1. The van der Waals surface area contributed by atoms with E-state index in [0.29, 0.717) is 5.69 Å². The number of H-pyrrole nitrogens is 1. The van der Waals surface area contributed by atoms with Gasteiger partial charge in [0.05, 0.1) is 12.3 Å². The summed E-state index contributed by atoms with van der Waals surface area (Å²) in [5, 5.41) is 0. The van der Waals surface area contributed by atoms with E-state index in [4.69, 9.17) is 4.74 Å². The quantitative estimate of drug-likeness (QED) is 0.826. The molecule has 0 bridgehead atoms. The first-order chi connectivity index (χ1) is 9.85. The first kappa shape index (κ1) is 15.6. The highest BCUT2D eigenvalue weighted by Gasteiger charge is 2.23. The Morgan fingerprint density at radius 2 is 2.10 bits per heavy atom. The Balaban J connectivity index is 2.34. The summed E-state index contributed by atoms with van der Waals surface area (Å²) < 4.78 is 32.2. The summed E-state index contributed by atoms with van der Waals surface area (Å²) in [6, 6.07) is 3.26. The molecule has 114 valence electrons. The maximum absolute atomic E-state index is 12.3. The van der Waals surface area contributed by atoms with Crippen LogP contribution in [0.4, 0.5) is 5.69 Å². The number of aryl methyl sites for hydroxylation is 2. The van der Waals surface area contributed by atoms with Gasteiger partial charge in [0.25, 0.3) is 10.0 Å². The number of aromatic nitrogens is 1. The Bertz CT molecular complexity index is 759. The standard InChI is InChI=1S/C13H16N2O4S2/c1-4-19-13(16)12-9(3)14-7-10(12)15-21(17,18)11-6-5-8(2)20-11/h5-7,14-15H,4H2,1-3H3. The molecule has 0 aromatic carbocycles. The number of sulfonamides is 1. The first-order valence-corrected chi connectivity index (χ1v) is 8.59. The van der Waals surface area contributed by atoms with Crippen molar-refractivity contribution in [2.24, 2.45) is 0 Å². The van der Waals surface area contributed by atoms with Crippen molar-refractivity contribution < 1.29 is 17.9 Å². The molecule has 2 aromatic heterocycles. The summed E-state index contributed by atoms with van der Waals surface area (Å²) in [7, 11) is -3.71. The van der Waals surface area contributed by atoms with E-state index < -0.39 is 16.0 Å². The third kappa shape index (κ3) is 3.27. The Kier molecular flexibility index (Phi) is 4.38. The third-order valence-electron chi connectivity index (χ3n) is 2.78. The van der Waals surface area contributed by atoms with Crippen molar-refractivity contribution in [2.75, 3.05) is 11.3 Å². The van der Waals surface area contributed by atoms with Crippen LogP contribution in [0.15, 0.2) is 22.5 Å². The second-order valence-corrected chi connectivity index (χ2v) is 7.59. The number of thiophene rings is 1. The van der Waals surface area contributed by atoms with Crippen LogP contribution >= 0.6 is 11.3 Å². The van der Waals surface area contributed by atoms with Crippen molar-refractivity contribution in [3.05, 3.63) is 34.5 Å². The van der Waals surface area contributed by atoms with Gasteiger partial charge in [-0.1, -0.05) is 0 Å². The molecule has 6 nitrogen and oxygen atoms in total. The van der Waals surface area contributed by atoms with Crippen molar-refractivity contribution in [1.82, 2.24) is 4.98 Å². The highest BCUT2D eigenvalue weighted by Crippen LogP contribution is 2.26. The maximum Gasteiger partial charge on any atom is 0.342 e. The van der Waals surface area contributed by atoms with Gasteiger partial charge in [-0.25, -0.2) is 13.2 Å². The first-order valence-electron chi connectivity index (χ1n) is 6.29. The van der Waals surface area contributed by atoms with Gasteiger partial charge < -0.3 is 9.72 Å². The number of nitrogens with one attached hydrogen (secondary N) is 2. The molecule has 0 spiro atoms. The molecule has 0 amide bonds. The van der Waals surface area contributed by atoms with Gasteiger partial charge in [-0.05, 0) is 32.9 Å². The predicted octanol–water partition coefficient (Wildman–Crippen LogP) is 2.67. The zero-order valence-corrected chi connectivity index (χ0v) is 13.5. The molecule has 8 heteroatoms. The van der Waals surface area contributed by atoms with Gasteiger partial charge >= 0.3 is 5.97 Å². The second kappa shape index (κ2) is 5.90. The van der Waals surface area contributed by atoms with E-state index in [1.807, 2.05) is 6.92 Å². The molecule has 0 atom stereocenters. The van der Waals surface area contributed by atoms with Crippen LogP contribution in [0.1, 0.15) is 27.9 Å². The summed E-state index contributed by atoms with van der Waals surface area (Å²) in [4.78, 5) is 15.6. The Labute approximate surface area is 127 Å². The smallest absolute Gasteiger partial charge is 0.342 e. The fourth-order valence-electron chi connectivity index (χ4n) is 1.83. The highest BCUT2D eigenvalue weighted by molar-refractivity contribution is 7.94. The summed E-state index contributed by atoms with van der Waals surface area (Å²) in [5.41, 5.74) is 0.944. The van der Waals surface area contributed by atoms with Crippen LogP contribution in [-0.4, -0.2) is 26.0 Å². The van der Waals surface area contributed by atoms with E-state index in [1.54, 1.807) is 19.9 Å². The number of hydrogen-bond donors (Lipinski definition) is 2. The molecule has 21 heavy (non-hydrogen) atoms. The molecule has 0 aliphatic heterocycles. The number of rotatable bonds is 5. The van der Waals surface area contributed by atoms with Crippen molar-refractivity contribution in [3.8, 4) is 0 Å². The molecule has 2 rings (SSSR count). The van der Waals surface area contributed by atoms with Crippen LogP contribution < -0.4 is 4.72 Å². The lowest BCUT2D eigenvalue weighted by molar-refractivity contribution is 0.0527. The number of anilines is 1. The van der Waals surface area contributed by atoms with Gasteiger partial charge in [0.2, 0.25) is 0 Å². The van der Waals surface area contributed by atoms with Crippen LogP contribution in [0.3, 0.4) is 0 Å². The lowest BCUT2D eigenvalue weighted by atomic mass is 10.2. The monoisotopic (exact) mass is 328 g/mol. The summed E-state index contributed by atoms with van der Waals surface area (Å²) in [5.74, 6) is -0.559. The van der Waals surface area contributed by atoms with Crippen LogP contribution in [-0.2, 0) is 14.8 Å². The zero-order chi connectivity index (χ0) is 15.6. The molecule has 0 unspecified atom stereocenters. The Hall–Kier alpha value is -1.80. The van der Waals surface area contributed by atoms with Crippen molar-refractivity contribution in [2.45, 2.75) is 25.0 Å². The maximum atomic E-state index is 12.3. The largest absolute Gasteiger partial charge is 0.462 e. The molecular formula is C13H16N2O4S2. The highest BCUT2D eigenvalue weighted by atomic mass is 32.2. The molecular weight excluding hydrogens is 312 g/mol. The van der Waals surface area contributed by atoms with Crippen molar-refractivity contribution in [1.29, 1.82) is 0 Å². The van der Waals surface area contributed by atoms with Crippen molar-refractivity contribution >= 4 is 33.0 Å². The van der Waals surface area contributed by atoms with Gasteiger partial charge in [-0.2, -0.15) is 0 Å². The SMILES string of the molecule is CCOC(=O)c1c(NS(=O)(=O)c2ccc(C)s2)c[nH]c1C. The zero-order valence-electron chi connectivity index (χ0n) is 11.9. The lowest BCUT2D eigenvalue weighted by Crippen LogP contribution is -2.15.